The lowest BCUT2D eigenvalue weighted by Crippen LogP contribution is -2.46. The highest BCUT2D eigenvalue weighted by molar-refractivity contribution is 7.89. The molecule has 0 atom stereocenters. The third kappa shape index (κ3) is 5.60. The van der Waals surface area contributed by atoms with E-state index in [1.54, 1.807) is 48.5 Å². The zero-order valence-electron chi connectivity index (χ0n) is 15.9. The van der Waals surface area contributed by atoms with Gasteiger partial charge in [0.1, 0.15) is 0 Å². The van der Waals surface area contributed by atoms with E-state index in [1.807, 2.05) is 6.92 Å². The standard InChI is InChI=1S/C21H22Cl2N2O3S/c1-15-2-7-19(8-3-15)29(27,28)25-12-10-18(11-13-25)24-21(26)9-5-16-4-6-17(22)14-20(16)23/h2-9,14,18H,10-13H2,1H3,(H,24,26)/b9-5+. The number of aryl methyl sites for hydroxylation is 1. The van der Waals surface area contributed by atoms with E-state index in [1.165, 1.54) is 10.4 Å². The second kappa shape index (κ2) is 9.30. The summed E-state index contributed by atoms with van der Waals surface area (Å²) in [6.07, 6.45) is 4.17. The number of nitrogens with zero attached hydrogens (tertiary/aromatic N) is 1. The van der Waals surface area contributed by atoms with Crippen molar-refractivity contribution in [1.82, 2.24) is 9.62 Å². The van der Waals surface area contributed by atoms with Gasteiger partial charge in [-0.2, -0.15) is 4.31 Å². The number of carbonyl (C=O) groups excluding carboxylic acids is 1. The van der Waals surface area contributed by atoms with Gasteiger partial charge in [-0.15, -0.1) is 0 Å². The van der Waals surface area contributed by atoms with Gasteiger partial charge in [-0.3, -0.25) is 4.79 Å². The molecule has 0 unspecified atom stereocenters. The van der Waals surface area contributed by atoms with Crippen LogP contribution in [0, 0.1) is 6.92 Å². The number of carbonyl (C=O) groups is 1. The maximum absolute atomic E-state index is 12.7. The summed E-state index contributed by atoms with van der Waals surface area (Å²) >= 11 is 12.0. The van der Waals surface area contributed by atoms with Crippen molar-refractivity contribution in [1.29, 1.82) is 0 Å². The van der Waals surface area contributed by atoms with Gasteiger partial charge in [0.05, 0.1) is 4.90 Å². The molecule has 0 radical (unpaired) electrons. The third-order valence-electron chi connectivity index (χ3n) is 4.84. The van der Waals surface area contributed by atoms with Crippen LogP contribution in [-0.4, -0.2) is 37.8 Å². The molecule has 1 N–H and O–H groups in total. The predicted molar refractivity (Wildman–Crippen MR) is 117 cm³/mol. The first kappa shape index (κ1) is 21.8. The number of benzene rings is 2. The molecule has 8 heteroatoms. The molecule has 1 fully saturated rings. The van der Waals surface area contributed by atoms with Crippen molar-refractivity contribution < 1.29 is 13.2 Å². The Morgan fingerprint density at radius 1 is 1.10 bits per heavy atom. The fourth-order valence-electron chi connectivity index (χ4n) is 3.15. The molecule has 5 nitrogen and oxygen atoms in total. The van der Waals surface area contributed by atoms with E-state index < -0.39 is 10.0 Å². The monoisotopic (exact) mass is 452 g/mol. The van der Waals surface area contributed by atoms with Crippen molar-refractivity contribution in [2.75, 3.05) is 13.1 Å². The number of piperidine rings is 1. The van der Waals surface area contributed by atoms with Gasteiger partial charge < -0.3 is 5.32 Å². The Bertz CT molecular complexity index is 1010. The van der Waals surface area contributed by atoms with E-state index in [0.29, 0.717) is 46.4 Å². The molecule has 3 rings (SSSR count). The Balaban J connectivity index is 1.54. The summed E-state index contributed by atoms with van der Waals surface area (Å²) in [5.74, 6) is -0.240. The van der Waals surface area contributed by atoms with Gasteiger partial charge >= 0.3 is 0 Å². The summed E-state index contributed by atoms with van der Waals surface area (Å²) in [5.41, 5.74) is 1.71. The van der Waals surface area contributed by atoms with Crippen LogP contribution < -0.4 is 5.32 Å². The number of amides is 1. The Kier molecular flexibility index (Phi) is 7.01. The van der Waals surface area contributed by atoms with Crippen LogP contribution in [0.3, 0.4) is 0 Å². The predicted octanol–water partition coefficient (Wildman–Crippen LogP) is 4.28. The van der Waals surface area contributed by atoms with Gasteiger partial charge in [0.2, 0.25) is 15.9 Å². The number of hydrogen-bond donors (Lipinski definition) is 1. The minimum Gasteiger partial charge on any atom is -0.350 e. The second-order valence-corrected chi connectivity index (χ2v) is 9.78. The van der Waals surface area contributed by atoms with Crippen LogP contribution in [0.15, 0.2) is 53.4 Å². The molecule has 1 aliphatic rings. The van der Waals surface area contributed by atoms with Crippen molar-refractivity contribution in [3.8, 4) is 0 Å². The van der Waals surface area contributed by atoms with Gasteiger partial charge in [0, 0.05) is 35.3 Å². The Morgan fingerprint density at radius 2 is 1.76 bits per heavy atom. The maximum Gasteiger partial charge on any atom is 0.244 e. The average molecular weight is 453 g/mol. The second-order valence-electron chi connectivity index (χ2n) is 7.00. The van der Waals surface area contributed by atoms with E-state index >= 15 is 0 Å². The minimum atomic E-state index is -3.50. The quantitative estimate of drug-likeness (QED) is 0.688. The highest BCUT2D eigenvalue weighted by Crippen LogP contribution is 2.23. The van der Waals surface area contributed by atoms with Crippen LogP contribution in [0.4, 0.5) is 0 Å². The molecule has 0 bridgehead atoms. The molecule has 0 aliphatic carbocycles. The van der Waals surface area contributed by atoms with Crippen molar-refractivity contribution in [2.24, 2.45) is 0 Å². The van der Waals surface area contributed by atoms with Gasteiger partial charge in [-0.1, -0.05) is 47.0 Å². The van der Waals surface area contributed by atoms with Crippen LogP contribution in [-0.2, 0) is 14.8 Å². The van der Waals surface area contributed by atoms with E-state index in [2.05, 4.69) is 5.32 Å². The summed E-state index contributed by atoms with van der Waals surface area (Å²) in [6.45, 7) is 2.65. The van der Waals surface area contributed by atoms with Crippen LogP contribution in [0.1, 0.15) is 24.0 Å². The first-order valence-electron chi connectivity index (χ1n) is 9.26. The first-order chi connectivity index (χ1) is 13.8. The number of rotatable bonds is 5. The summed E-state index contributed by atoms with van der Waals surface area (Å²) < 4.78 is 27.0. The third-order valence-corrected chi connectivity index (χ3v) is 7.31. The van der Waals surface area contributed by atoms with Crippen LogP contribution in [0.25, 0.3) is 6.08 Å². The number of halogens is 2. The fourth-order valence-corrected chi connectivity index (χ4v) is 5.09. The molecule has 0 spiro atoms. The maximum atomic E-state index is 12.7. The fraction of sp³-hybridized carbons (Fsp3) is 0.286. The van der Waals surface area contributed by atoms with Crippen LogP contribution in [0.5, 0.6) is 0 Å². The lowest BCUT2D eigenvalue weighted by atomic mass is 10.1. The van der Waals surface area contributed by atoms with E-state index in [-0.39, 0.29) is 11.9 Å². The van der Waals surface area contributed by atoms with E-state index in [9.17, 15) is 13.2 Å². The average Bonchev–Trinajstić information content (AvgIpc) is 2.68. The van der Waals surface area contributed by atoms with E-state index in [0.717, 1.165) is 5.56 Å². The molecule has 29 heavy (non-hydrogen) atoms. The first-order valence-corrected chi connectivity index (χ1v) is 11.5. The molecule has 154 valence electrons. The summed E-state index contributed by atoms with van der Waals surface area (Å²) in [5, 5.41) is 3.92. The van der Waals surface area contributed by atoms with Gasteiger partial charge in [-0.25, -0.2) is 8.42 Å². The molecule has 1 heterocycles. The SMILES string of the molecule is Cc1ccc(S(=O)(=O)N2CCC(NC(=O)/C=C/c3ccc(Cl)cc3Cl)CC2)cc1. The highest BCUT2D eigenvalue weighted by Gasteiger charge is 2.29. The lowest BCUT2D eigenvalue weighted by Gasteiger charge is -2.31. The van der Waals surface area contributed by atoms with Crippen molar-refractivity contribution >= 4 is 45.2 Å². The van der Waals surface area contributed by atoms with E-state index in [4.69, 9.17) is 23.2 Å². The summed E-state index contributed by atoms with van der Waals surface area (Å²) in [4.78, 5) is 12.5. The van der Waals surface area contributed by atoms with Crippen LogP contribution >= 0.6 is 23.2 Å². The normalized spacial score (nSPS) is 16.2. The molecule has 2 aromatic carbocycles. The van der Waals surface area contributed by atoms with Crippen LogP contribution in [0.2, 0.25) is 10.0 Å². The Morgan fingerprint density at radius 3 is 2.38 bits per heavy atom. The van der Waals surface area contributed by atoms with Gasteiger partial charge in [0.15, 0.2) is 0 Å². The largest absolute Gasteiger partial charge is 0.350 e. The lowest BCUT2D eigenvalue weighted by molar-refractivity contribution is -0.117. The molecule has 1 saturated heterocycles. The smallest absolute Gasteiger partial charge is 0.244 e. The molecule has 0 saturated carbocycles. The molecular formula is C21H22Cl2N2O3S. The van der Waals surface area contributed by atoms with Gasteiger partial charge in [-0.05, 0) is 55.7 Å². The molecule has 1 amide bonds. The summed E-state index contributed by atoms with van der Waals surface area (Å²) in [6, 6.07) is 11.8. The Labute approximate surface area is 181 Å². The number of sulfonamides is 1. The van der Waals surface area contributed by atoms with Crippen molar-refractivity contribution in [2.45, 2.75) is 30.7 Å². The molecule has 2 aromatic rings. The zero-order chi connectivity index (χ0) is 21.0. The highest BCUT2D eigenvalue weighted by atomic mass is 35.5. The molecule has 1 aliphatic heterocycles. The topological polar surface area (TPSA) is 66.5 Å². The molecular weight excluding hydrogens is 431 g/mol. The zero-order valence-corrected chi connectivity index (χ0v) is 18.3. The number of nitrogens with one attached hydrogen (secondary N) is 1. The van der Waals surface area contributed by atoms with Crippen molar-refractivity contribution in [3.63, 3.8) is 0 Å². The summed E-state index contributed by atoms with van der Waals surface area (Å²) in [7, 11) is -3.50. The van der Waals surface area contributed by atoms with Gasteiger partial charge in [0.25, 0.3) is 0 Å². The minimum absolute atomic E-state index is 0.0719. The molecule has 0 aromatic heterocycles. The number of hydrogen-bond acceptors (Lipinski definition) is 3. The Hall–Kier alpha value is -1.86. The van der Waals surface area contributed by atoms with Crippen molar-refractivity contribution in [3.05, 3.63) is 69.7 Å².